The van der Waals surface area contributed by atoms with Crippen LogP contribution in [0.25, 0.3) is 0 Å². The number of hydrogen-bond acceptors (Lipinski definition) is 3. The quantitative estimate of drug-likeness (QED) is 0.846. The highest BCUT2D eigenvalue weighted by Crippen LogP contribution is 2.23. The number of halogens is 1. The van der Waals surface area contributed by atoms with Crippen LogP contribution in [0.5, 0.6) is 5.75 Å². The van der Waals surface area contributed by atoms with Crippen LogP contribution in [0.4, 0.5) is 5.69 Å². The molecule has 2 N–H and O–H groups in total. The smallest absolute Gasteiger partial charge is 0.335 e. The number of carbonyl (C=O) groups excluding carboxylic acids is 1. The van der Waals surface area contributed by atoms with Gasteiger partial charge in [0.15, 0.2) is 0 Å². The number of nitrogens with one attached hydrogen (secondary N) is 1. The van der Waals surface area contributed by atoms with Crippen molar-refractivity contribution in [3.63, 3.8) is 0 Å². The molecule has 6 heteroatoms. The molecule has 23 heavy (non-hydrogen) atoms. The van der Waals surface area contributed by atoms with Crippen LogP contribution in [0, 0.1) is 0 Å². The molecule has 0 radical (unpaired) electrons. The van der Waals surface area contributed by atoms with Gasteiger partial charge in [0.1, 0.15) is 5.75 Å². The normalized spacial score (nSPS) is 10.2. The minimum Gasteiger partial charge on any atom is -0.497 e. The summed E-state index contributed by atoms with van der Waals surface area (Å²) in [5.74, 6) is -0.545. The van der Waals surface area contributed by atoms with Gasteiger partial charge >= 0.3 is 5.97 Å². The summed E-state index contributed by atoms with van der Waals surface area (Å²) in [7, 11) is 1.59. The number of amides is 1. The van der Waals surface area contributed by atoms with Crippen molar-refractivity contribution >= 4 is 29.2 Å². The molecule has 0 heterocycles. The molecule has 0 aliphatic heterocycles. The molecule has 5 nitrogen and oxygen atoms in total. The lowest BCUT2D eigenvalue weighted by molar-refractivity contribution is -0.116. The van der Waals surface area contributed by atoms with Crippen LogP contribution in [0.2, 0.25) is 5.02 Å². The zero-order valence-corrected chi connectivity index (χ0v) is 13.3. The van der Waals surface area contributed by atoms with Gasteiger partial charge < -0.3 is 15.2 Å². The molecule has 2 aromatic carbocycles. The van der Waals surface area contributed by atoms with E-state index in [9.17, 15) is 9.59 Å². The molecule has 0 saturated carbocycles. The zero-order valence-electron chi connectivity index (χ0n) is 12.5. The summed E-state index contributed by atoms with van der Waals surface area (Å²) >= 11 is 5.97. The molecule has 0 bridgehead atoms. The minimum atomic E-state index is -1.07. The van der Waals surface area contributed by atoms with E-state index in [2.05, 4.69) is 5.32 Å². The van der Waals surface area contributed by atoms with E-state index in [0.717, 1.165) is 11.3 Å². The molecule has 0 saturated heterocycles. The van der Waals surface area contributed by atoms with E-state index in [1.807, 2.05) is 24.3 Å². The van der Waals surface area contributed by atoms with Gasteiger partial charge in [-0.05, 0) is 42.3 Å². The Balaban J connectivity index is 1.96. The van der Waals surface area contributed by atoms with Crippen molar-refractivity contribution in [2.45, 2.75) is 12.8 Å². The van der Waals surface area contributed by atoms with Gasteiger partial charge in [0.25, 0.3) is 0 Å². The third kappa shape index (κ3) is 4.72. The summed E-state index contributed by atoms with van der Waals surface area (Å²) in [5, 5.41) is 11.9. The Hall–Kier alpha value is -2.53. The van der Waals surface area contributed by atoms with Crippen LogP contribution in [-0.2, 0) is 11.2 Å². The van der Waals surface area contributed by atoms with E-state index in [1.165, 1.54) is 18.2 Å². The highest BCUT2D eigenvalue weighted by molar-refractivity contribution is 6.33. The fourth-order valence-electron chi connectivity index (χ4n) is 2.02. The highest BCUT2D eigenvalue weighted by atomic mass is 35.5. The molecule has 0 spiro atoms. The number of aromatic carboxylic acids is 1. The molecule has 1 amide bonds. The molecular formula is C17H16ClNO4. The first kappa shape index (κ1) is 16.8. The number of carbonyl (C=O) groups is 2. The molecule has 2 aromatic rings. The van der Waals surface area contributed by atoms with E-state index in [0.29, 0.717) is 17.1 Å². The van der Waals surface area contributed by atoms with Crippen molar-refractivity contribution in [3.8, 4) is 5.75 Å². The maximum Gasteiger partial charge on any atom is 0.335 e. The van der Waals surface area contributed by atoms with E-state index in [-0.39, 0.29) is 17.9 Å². The average Bonchev–Trinajstić information content (AvgIpc) is 2.55. The first-order valence-corrected chi connectivity index (χ1v) is 7.33. The van der Waals surface area contributed by atoms with Gasteiger partial charge in [0.2, 0.25) is 5.91 Å². The lowest BCUT2D eigenvalue weighted by Crippen LogP contribution is -2.13. The lowest BCUT2D eigenvalue weighted by Gasteiger charge is -2.08. The largest absolute Gasteiger partial charge is 0.497 e. The molecular weight excluding hydrogens is 318 g/mol. The Morgan fingerprint density at radius 1 is 1.17 bits per heavy atom. The van der Waals surface area contributed by atoms with Gasteiger partial charge in [-0.2, -0.15) is 0 Å². The maximum absolute atomic E-state index is 12.0. The Labute approximate surface area is 138 Å². The van der Waals surface area contributed by atoms with Gasteiger partial charge in [-0.25, -0.2) is 4.79 Å². The standard InChI is InChI=1S/C17H16ClNO4/c1-23-13-6-2-11(3-7-13)4-9-16(20)19-15-10-12(17(21)22)5-8-14(15)18/h2-3,5-8,10H,4,9H2,1H3,(H,19,20)(H,21,22). The van der Waals surface area contributed by atoms with Crippen LogP contribution >= 0.6 is 11.6 Å². The fraction of sp³-hybridized carbons (Fsp3) is 0.176. The van der Waals surface area contributed by atoms with Crippen LogP contribution in [0.1, 0.15) is 22.3 Å². The molecule has 0 aliphatic rings. The number of benzene rings is 2. The number of aryl methyl sites for hydroxylation is 1. The van der Waals surface area contributed by atoms with E-state index >= 15 is 0 Å². The Morgan fingerprint density at radius 3 is 2.48 bits per heavy atom. The van der Waals surface area contributed by atoms with Crippen LogP contribution in [0.15, 0.2) is 42.5 Å². The number of carboxylic acid groups (broad SMARTS) is 1. The maximum atomic E-state index is 12.0. The monoisotopic (exact) mass is 333 g/mol. The second-order valence-electron chi connectivity index (χ2n) is 4.90. The first-order chi connectivity index (χ1) is 11.0. The summed E-state index contributed by atoms with van der Waals surface area (Å²) in [6.45, 7) is 0. The summed E-state index contributed by atoms with van der Waals surface area (Å²) in [6.07, 6.45) is 0.825. The Morgan fingerprint density at radius 2 is 1.87 bits per heavy atom. The molecule has 120 valence electrons. The third-order valence-corrected chi connectivity index (χ3v) is 3.62. The molecule has 0 aromatic heterocycles. The number of ether oxygens (including phenoxy) is 1. The van der Waals surface area contributed by atoms with Crippen LogP contribution in [0.3, 0.4) is 0 Å². The minimum absolute atomic E-state index is 0.0693. The third-order valence-electron chi connectivity index (χ3n) is 3.29. The van der Waals surface area contributed by atoms with E-state index in [1.54, 1.807) is 7.11 Å². The van der Waals surface area contributed by atoms with Gasteiger partial charge in [-0.1, -0.05) is 23.7 Å². The Kier molecular flexibility index (Phi) is 5.60. The highest BCUT2D eigenvalue weighted by Gasteiger charge is 2.10. The van der Waals surface area contributed by atoms with Gasteiger partial charge in [0, 0.05) is 6.42 Å². The zero-order chi connectivity index (χ0) is 16.8. The van der Waals surface area contributed by atoms with Crippen molar-refractivity contribution < 1.29 is 19.4 Å². The number of rotatable bonds is 6. The average molecular weight is 334 g/mol. The second kappa shape index (κ2) is 7.65. The van der Waals surface area contributed by atoms with Gasteiger partial charge in [-0.15, -0.1) is 0 Å². The fourth-order valence-corrected chi connectivity index (χ4v) is 2.18. The van der Waals surface area contributed by atoms with Crippen molar-refractivity contribution in [1.29, 1.82) is 0 Å². The van der Waals surface area contributed by atoms with Crippen LogP contribution < -0.4 is 10.1 Å². The number of carboxylic acids is 1. The summed E-state index contributed by atoms with van der Waals surface area (Å²) in [6, 6.07) is 11.6. The van der Waals surface area contributed by atoms with Gasteiger partial charge in [0.05, 0.1) is 23.4 Å². The molecule has 0 atom stereocenters. The summed E-state index contributed by atoms with van der Waals surface area (Å²) in [4.78, 5) is 22.9. The Bertz CT molecular complexity index is 713. The first-order valence-electron chi connectivity index (χ1n) is 6.95. The predicted octanol–water partition coefficient (Wildman–Crippen LogP) is 3.62. The SMILES string of the molecule is COc1ccc(CCC(=O)Nc2cc(C(=O)O)ccc2Cl)cc1. The predicted molar refractivity (Wildman–Crippen MR) is 88.4 cm³/mol. The number of methoxy groups -OCH3 is 1. The van der Waals surface area contributed by atoms with Crippen LogP contribution in [-0.4, -0.2) is 24.1 Å². The lowest BCUT2D eigenvalue weighted by atomic mass is 10.1. The molecule has 2 rings (SSSR count). The number of hydrogen-bond donors (Lipinski definition) is 2. The number of anilines is 1. The van der Waals surface area contributed by atoms with E-state index < -0.39 is 5.97 Å². The summed E-state index contributed by atoms with van der Waals surface area (Å²) in [5.41, 5.74) is 1.37. The van der Waals surface area contributed by atoms with Crippen molar-refractivity contribution in [3.05, 3.63) is 58.6 Å². The molecule has 0 aliphatic carbocycles. The van der Waals surface area contributed by atoms with Crippen molar-refractivity contribution in [2.24, 2.45) is 0 Å². The van der Waals surface area contributed by atoms with Crippen molar-refractivity contribution in [2.75, 3.05) is 12.4 Å². The topological polar surface area (TPSA) is 75.6 Å². The van der Waals surface area contributed by atoms with Gasteiger partial charge in [-0.3, -0.25) is 4.79 Å². The summed E-state index contributed by atoms with van der Waals surface area (Å²) < 4.78 is 5.08. The molecule has 0 fully saturated rings. The molecule has 0 unspecified atom stereocenters. The van der Waals surface area contributed by atoms with E-state index in [4.69, 9.17) is 21.4 Å². The second-order valence-corrected chi connectivity index (χ2v) is 5.30. The van der Waals surface area contributed by atoms with Crippen molar-refractivity contribution in [1.82, 2.24) is 0 Å².